The van der Waals surface area contributed by atoms with Gasteiger partial charge in [-0.1, -0.05) is 37.0 Å². The van der Waals surface area contributed by atoms with E-state index in [2.05, 4.69) is 0 Å². The second-order valence-electron chi connectivity index (χ2n) is 7.55. The zero-order valence-corrected chi connectivity index (χ0v) is 19.5. The third-order valence-electron chi connectivity index (χ3n) is 4.37. The number of amides is 1. The smallest absolute Gasteiger partial charge is 0.266 e. The highest BCUT2D eigenvalue weighted by molar-refractivity contribution is 8.18. The molecule has 1 saturated heterocycles. The van der Waals surface area contributed by atoms with Crippen LogP contribution in [0.4, 0.5) is 11.4 Å². The summed E-state index contributed by atoms with van der Waals surface area (Å²) in [7, 11) is 3.96. The number of benzene rings is 2. The van der Waals surface area contributed by atoms with Crippen molar-refractivity contribution in [3.8, 4) is 5.75 Å². The normalized spacial score (nSPS) is 16.9. The van der Waals surface area contributed by atoms with Crippen molar-refractivity contribution in [2.75, 3.05) is 25.5 Å². The molecule has 1 aliphatic heterocycles. The Kier molecular flexibility index (Phi) is 7.01. The highest BCUT2D eigenvalue weighted by Gasteiger charge is 2.34. The van der Waals surface area contributed by atoms with Gasteiger partial charge < -0.3 is 10.0 Å². The van der Waals surface area contributed by atoms with Crippen LogP contribution in [0.5, 0.6) is 5.75 Å². The van der Waals surface area contributed by atoms with E-state index in [9.17, 15) is 9.90 Å². The second-order valence-corrected chi connectivity index (χ2v) is 9.40. The maximum atomic E-state index is 13.1. The fourth-order valence-corrected chi connectivity index (χ4v) is 4.40. The van der Waals surface area contributed by atoms with Crippen LogP contribution in [0.15, 0.2) is 46.3 Å². The summed E-state index contributed by atoms with van der Waals surface area (Å²) in [6.45, 7) is 4.64. The minimum absolute atomic E-state index is 0.109. The summed E-state index contributed by atoms with van der Waals surface area (Å²) in [5.74, 6) is -0.000803. The van der Waals surface area contributed by atoms with Crippen molar-refractivity contribution in [1.29, 1.82) is 0 Å². The largest absolute Gasteiger partial charge is 0.506 e. The van der Waals surface area contributed by atoms with Gasteiger partial charge in [-0.25, -0.2) is 4.99 Å². The molecule has 1 fully saturated rings. The lowest BCUT2D eigenvalue weighted by molar-refractivity contribution is -0.122. The summed E-state index contributed by atoms with van der Waals surface area (Å²) >= 11 is 13.3. The van der Waals surface area contributed by atoms with Crippen LogP contribution >= 0.6 is 35.0 Å². The van der Waals surface area contributed by atoms with Gasteiger partial charge in [0.1, 0.15) is 5.75 Å². The molecule has 0 aromatic heterocycles. The van der Waals surface area contributed by atoms with E-state index in [1.54, 1.807) is 17.0 Å². The summed E-state index contributed by atoms with van der Waals surface area (Å²) in [6, 6.07) is 10.8. The number of amidine groups is 1. The molecule has 5 nitrogen and oxygen atoms in total. The topological polar surface area (TPSA) is 56.1 Å². The zero-order valence-electron chi connectivity index (χ0n) is 17.2. The van der Waals surface area contributed by atoms with Gasteiger partial charge in [0.2, 0.25) is 0 Å². The number of anilines is 1. The molecule has 0 saturated carbocycles. The molecule has 1 amide bonds. The number of aromatic hydroxyl groups is 1. The third kappa shape index (κ3) is 5.12. The van der Waals surface area contributed by atoms with Gasteiger partial charge in [-0.2, -0.15) is 0 Å². The predicted molar refractivity (Wildman–Crippen MR) is 128 cm³/mol. The quantitative estimate of drug-likeness (QED) is 0.550. The molecule has 1 heterocycles. The lowest BCUT2D eigenvalue weighted by Crippen LogP contribution is -2.32. The van der Waals surface area contributed by atoms with Gasteiger partial charge in [0.05, 0.1) is 15.6 Å². The number of halogens is 2. The lowest BCUT2D eigenvalue weighted by atomic mass is 10.1. The van der Waals surface area contributed by atoms with Crippen molar-refractivity contribution in [2.24, 2.45) is 10.9 Å². The van der Waals surface area contributed by atoms with Crippen LogP contribution in [0, 0.1) is 5.92 Å². The summed E-state index contributed by atoms with van der Waals surface area (Å²) in [5.41, 5.74) is 2.23. The van der Waals surface area contributed by atoms with Gasteiger partial charge in [-0.05, 0) is 60.2 Å². The number of hydrogen-bond acceptors (Lipinski definition) is 5. The van der Waals surface area contributed by atoms with Crippen LogP contribution in [-0.4, -0.2) is 41.7 Å². The molecule has 3 rings (SSSR count). The van der Waals surface area contributed by atoms with Crippen LogP contribution in [0.1, 0.15) is 19.4 Å². The number of phenolic OH excluding ortho intramolecular Hbond substituents is 1. The number of nitrogens with zero attached hydrogens (tertiary/aromatic N) is 3. The monoisotopic (exact) mass is 463 g/mol. The number of phenols is 1. The molecule has 1 N–H and O–H groups in total. The average Bonchev–Trinajstić information content (AvgIpc) is 2.94. The molecule has 8 heteroatoms. The van der Waals surface area contributed by atoms with Gasteiger partial charge in [0, 0.05) is 36.9 Å². The van der Waals surface area contributed by atoms with E-state index in [1.165, 1.54) is 17.8 Å². The number of thioether (sulfide) groups is 1. The molecule has 30 heavy (non-hydrogen) atoms. The maximum Gasteiger partial charge on any atom is 0.266 e. The van der Waals surface area contributed by atoms with E-state index in [0.29, 0.717) is 27.2 Å². The molecule has 0 aliphatic carbocycles. The Hall–Kier alpha value is -2.15. The second kappa shape index (κ2) is 9.33. The Bertz CT molecular complexity index is 1020. The Labute approximate surface area is 191 Å². The molecule has 0 bridgehead atoms. The first-order valence-electron chi connectivity index (χ1n) is 9.41. The molecule has 2 aromatic carbocycles. The summed E-state index contributed by atoms with van der Waals surface area (Å²) < 4.78 is 0. The van der Waals surface area contributed by atoms with E-state index in [-0.39, 0.29) is 22.6 Å². The molecule has 0 atom stereocenters. The molecule has 1 aliphatic rings. The maximum absolute atomic E-state index is 13.1. The van der Waals surface area contributed by atoms with E-state index in [1.807, 2.05) is 57.1 Å². The fourth-order valence-electron chi connectivity index (χ4n) is 2.89. The van der Waals surface area contributed by atoms with Gasteiger partial charge >= 0.3 is 0 Å². The Morgan fingerprint density at radius 1 is 1.20 bits per heavy atom. The highest BCUT2D eigenvalue weighted by atomic mass is 35.5. The van der Waals surface area contributed by atoms with Crippen LogP contribution in [0.3, 0.4) is 0 Å². The first-order chi connectivity index (χ1) is 14.2. The van der Waals surface area contributed by atoms with E-state index in [0.717, 1.165) is 11.4 Å². The van der Waals surface area contributed by atoms with Crippen molar-refractivity contribution < 1.29 is 9.90 Å². The Morgan fingerprint density at radius 3 is 2.47 bits per heavy atom. The van der Waals surface area contributed by atoms with E-state index in [4.69, 9.17) is 28.2 Å². The number of aliphatic imine (C=N–C) groups is 1. The van der Waals surface area contributed by atoms with Crippen molar-refractivity contribution in [1.82, 2.24) is 4.90 Å². The van der Waals surface area contributed by atoms with Gasteiger partial charge in [-0.3, -0.25) is 9.69 Å². The van der Waals surface area contributed by atoms with Crippen LogP contribution in [0.2, 0.25) is 10.0 Å². The van der Waals surface area contributed by atoms with Crippen LogP contribution in [0.25, 0.3) is 6.08 Å². The van der Waals surface area contributed by atoms with Crippen LogP contribution in [-0.2, 0) is 4.79 Å². The number of rotatable bonds is 5. The zero-order chi connectivity index (χ0) is 22.0. The average molecular weight is 464 g/mol. The summed E-state index contributed by atoms with van der Waals surface area (Å²) in [5, 5.41) is 11.4. The van der Waals surface area contributed by atoms with Gasteiger partial charge in [0.25, 0.3) is 5.91 Å². The minimum atomic E-state index is -0.159. The highest BCUT2D eigenvalue weighted by Crippen LogP contribution is 2.38. The molecule has 0 spiro atoms. The molecular weight excluding hydrogens is 441 g/mol. The molecule has 158 valence electrons. The van der Waals surface area contributed by atoms with E-state index < -0.39 is 0 Å². The Balaban J connectivity index is 1.98. The summed E-state index contributed by atoms with van der Waals surface area (Å²) in [4.78, 5) is 21.9. The number of carbonyl (C=O) groups is 1. The number of carbonyl (C=O) groups excluding carboxylic acids is 1. The third-order valence-corrected chi connectivity index (χ3v) is 5.88. The van der Waals surface area contributed by atoms with Crippen molar-refractivity contribution in [3.63, 3.8) is 0 Å². The SMILES string of the molecule is CC(C)CN1C(=O)/C(=C\c2cc(Cl)cc(Cl)c2O)SC1=Nc1ccc(N(C)C)cc1. The molecular formula is C22H23Cl2N3O2S. The lowest BCUT2D eigenvalue weighted by Gasteiger charge is -2.18. The fraction of sp³-hybridized carbons (Fsp3) is 0.273. The van der Waals surface area contributed by atoms with Crippen molar-refractivity contribution >= 4 is 63.5 Å². The predicted octanol–water partition coefficient (Wildman–Crippen LogP) is 6.03. The first kappa shape index (κ1) is 22.5. The van der Waals surface area contributed by atoms with Gasteiger partial charge in [0.15, 0.2) is 5.17 Å². The van der Waals surface area contributed by atoms with E-state index >= 15 is 0 Å². The van der Waals surface area contributed by atoms with Crippen molar-refractivity contribution in [3.05, 3.63) is 56.9 Å². The molecule has 0 unspecified atom stereocenters. The standard InChI is InChI=1S/C22H23Cl2N3O2S/c1-13(2)12-27-21(29)19(10-14-9-15(23)11-18(24)20(14)28)30-22(27)25-16-5-7-17(8-6-16)26(3)4/h5-11,13,28H,12H2,1-4H3/b19-10+,25-22?. The van der Waals surface area contributed by atoms with Gasteiger partial charge in [-0.15, -0.1) is 0 Å². The molecule has 0 radical (unpaired) electrons. The number of hydrogen-bond donors (Lipinski definition) is 1. The Morgan fingerprint density at radius 2 is 1.87 bits per heavy atom. The first-order valence-corrected chi connectivity index (χ1v) is 11.0. The van der Waals surface area contributed by atoms with Crippen molar-refractivity contribution in [2.45, 2.75) is 13.8 Å². The summed E-state index contributed by atoms with van der Waals surface area (Å²) in [6.07, 6.45) is 1.60. The molecule has 2 aromatic rings. The van der Waals surface area contributed by atoms with Crippen LogP contribution < -0.4 is 4.90 Å². The minimum Gasteiger partial charge on any atom is -0.506 e.